The molecule has 1 unspecified atom stereocenters. The van der Waals surface area contributed by atoms with Gasteiger partial charge < -0.3 is 4.74 Å². The van der Waals surface area contributed by atoms with Gasteiger partial charge in [0, 0.05) is 0 Å². The van der Waals surface area contributed by atoms with Crippen molar-refractivity contribution in [1.82, 2.24) is 0 Å². The van der Waals surface area contributed by atoms with Gasteiger partial charge in [0.2, 0.25) is 0 Å². The predicted molar refractivity (Wildman–Crippen MR) is 40.0 cm³/mol. The Morgan fingerprint density at radius 1 is 1.36 bits per heavy atom. The molecule has 1 aliphatic heterocycles. The molecule has 2 heteroatoms. The van der Waals surface area contributed by atoms with Crippen LogP contribution in [0.25, 0.3) is 0 Å². The van der Waals surface area contributed by atoms with E-state index in [0.717, 1.165) is 5.56 Å². The third kappa shape index (κ3) is 1.03. The highest BCUT2D eigenvalue weighted by Crippen LogP contribution is 2.38. The van der Waals surface area contributed by atoms with Crippen LogP contribution in [-0.2, 0) is 10.3 Å². The van der Waals surface area contributed by atoms with Crippen molar-refractivity contribution in [3.63, 3.8) is 0 Å². The molecule has 0 aliphatic carbocycles. The van der Waals surface area contributed by atoms with Gasteiger partial charge in [-0.15, -0.1) is 0 Å². The highest BCUT2D eigenvalue weighted by molar-refractivity contribution is 5.26. The third-order valence-electron chi connectivity index (χ3n) is 2.01. The van der Waals surface area contributed by atoms with Crippen LogP contribution in [0.4, 0.5) is 4.39 Å². The third-order valence-corrected chi connectivity index (χ3v) is 2.01. The normalized spacial score (nSPS) is 28.5. The van der Waals surface area contributed by atoms with E-state index in [2.05, 4.69) is 0 Å². The highest BCUT2D eigenvalue weighted by atomic mass is 19.1. The lowest BCUT2D eigenvalue weighted by Gasteiger charge is -2.05. The molecule has 0 N–H and O–H groups in total. The van der Waals surface area contributed by atoms with E-state index in [4.69, 9.17) is 4.74 Å². The summed E-state index contributed by atoms with van der Waals surface area (Å²) < 4.78 is 17.5. The molecule has 0 saturated carbocycles. The van der Waals surface area contributed by atoms with Crippen molar-refractivity contribution in [2.75, 3.05) is 13.3 Å². The Balaban J connectivity index is 2.30. The molecule has 11 heavy (non-hydrogen) atoms. The van der Waals surface area contributed by atoms with Gasteiger partial charge in [0.25, 0.3) is 0 Å². The lowest BCUT2D eigenvalue weighted by Crippen LogP contribution is -2.10. The molecule has 1 atom stereocenters. The molecule has 2 rings (SSSR count). The van der Waals surface area contributed by atoms with Crippen molar-refractivity contribution >= 4 is 0 Å². The summed E-state index contributed by atoms with van der Waals surface area (Å²) in [6.07, 6.45) is 0. The van der Waals surface area contributed by atoms with Crippen LogP contribution in [0, 0.1) is 0 Å². The zero-order valence-corrected chi connectivity index (χ0v) is 6.09. The number of rotatable bonds is 2. The van der Waals surface area contributed by atoms with Crippen LogP contribution in [0.3, 0.4) is 0 Å². The second-order valence-corrected chi connectivity index (χ2v) is 2.78. The molecule has 0 bridgehead atoms. The van der Waals surface area contributed by atoms with Gasteiger partial charge in [0.05, 0.1) is 6.61 Å². The van der Waals surface area contributed by atoms with Crippen LogP contribution < -0.4 is 0 Å². The summed E-state index contributed by atoms with van der Waals surface area (Å²) in [6.45, 7) is 0.102. The summed E-state index contributed by atoms with van der Waals surface area (Å²) >= 11 is 0. The zero-order valence-electron chi connectivity index (χ0n) is 6.09. The first kappa shape index (κ1) is 6.80. The van der Waals surface area contributed by atoms with Gasteiger partial charge in [-0.05, 0) is 5.56 Å². The minimum Gasteiger partial charge on any atom is -0.362 e. The maximum Gasteiger partial charge on any atom is 0.145 e. The molecule has 0 amide bonds. The number of benzene rings is 1. The molecular formula is C9H9FO. The second kappa shape index (κ2) is 2.31. The van der Waals surface area contributed by atoms with Crippen molar-refractivity contribution in [3.05, 3.63) is 35.9 Å². The molecule has 1 aliphatic rings. The number of ether oxygens (including phenoxy) is 1. The van der Waals surface area contributed by atoms with Crippen LogP contribution in [0.1, 0.15) is 5.56 Å². The monoisotopic (exact) mass is 152 g/mol. The Kier molecular flexibility index (Phi) is 1.43. The fourth-order valence-electron chi connectivity index (χ4n) is 1.15. The van der Waals surface area contributed by atoms with Crippen molar-refractivity contribution in [2.24, 2.45) is 0 Å². The van der Waals surface area contributed by atoms with Gasteiger partial charge in [-0.3, -0.25) is 0 Å². The number of hydrogen-bond acceptors (Lipinski definition) is 1. The van der Waals surface area contributed by atoms with Gasteiger partial charge in [0.15, 0.2) is 0 Å². The van der Waals surface area contributed by atoms with E-state index >= 15 is 0 Å². The first-order chi connectivity index (χ1) is 5.37. The summed E-state index contributed by atoms with van der Waals surface area (Å²) in [5.74, 6) is 0. The second-order valence-electron chi connectivity index (χ2n) is 2.78. The molecule has 1 saturated heterocycles. The SMILES string of the molecule is FCC1(c2ccccc2)CO1. The molecule has 0 spiro atoms. The van der Waals surface area contributed by atoms with E-state index in [0.29, 0.717) is 6.61 Å². The Labute approximate surface area is 64.8 Å². The van der Waals surface area contributed by atoms with E-state index in [1.807, 2.05) is 30.3 Å². The van der Waals surface area contributed by atoms with Crippen molar-refractivity contribution in [1.29, 1.82) is 0 Å². The summed E-state index contributed by atoms with van der Waals surface area (Å²) in [6, 6.07) is 9.50. The van der Waals surface area contributed by atoms with Crippen LogP contribution in [0.5, 0.6) is 0 Å². The summed E-state index contributed by atoms with van der Waals surface area (Å²) in [7, 11) is 0. The van der Waals surface area contributed by atoms with Gasteiger partial charge in [-0.2, -0.15) is 0 Å². The van der Waals surface area contributed by atoms with Crippen LogP contribution in [-0.4, -0.2) is 13.3 Å². The topological polar surface area (TPSA) is 12.5 Å². The first-order valence-electron chi connectivity index (χ1n) is 3.63. The molecule has 1 aromatic carbocycles. The largest absolute Gasteiger partial charge is 0.362 e. The number of hydrogen-bond donors (Lipinski definition) is 0. The summed E-state index contributed by atoms with van der Waals surface area (Å²) in [5, 5.41) is 0. The molecule has 1 aromatic rings. The lowest BCUT2D eigenvalue weighted by molar-refractivity contribution is 0.249. The lowest BCUT2D eigenvalue weighted by atomic mass is 10.0. The number of alkyl halides is 1. The number of epoxide rings is 1. The molecule has 1 fully saturated rings. The predicted octanol–water partition coefficient (Wildman–Crippen LogP) is 1.88. The van der Waals surface area contributed by atoms with E-state index in [9.17, 15) is 4.39 Å². The van der Waals surface area contributed by atoms with Crippen LogP contribution in [0.2, 0.25) is 0 Å². The highest BCUT2D eigenvalue weighted by Gasteiger charge is 2.46. The Hall–Kier alpha value is -0.890. The van der Waals surface area contributed by atoms with E-state index in [1.165, 1.54) is 0 Å². The standard InChI is InChI=1S/C9H9FO/c10-6-9(7-11-9)8-4-2-1-3-5-8/h1-5H,6-7H2. The Bertz CT molecular complexity index is 241. The quantitative estimate of drug-likeness (QED) is 0.589. The van der Waals surface area contributed by atoms with E-state index < -0.39 is 12.3 Å². The Morgan fingerprint density at radius 2 is 2.00 bits per heavy atom. The molecule has 1 nitrogen and oxygen atoms in total. The summed E-state index contributed by atoms with van der Waals surface area (Å²) in [5.41, 5.74) is 0.365. The van der Waals surface area contributed by atoms with E-state index in [-0.39, 0.29) is 0 Å². The Morgan fingerprint density at radius 3 is 2.45 bits per heavy atom. The molecule has 1 heterocycles. The minimum absolute atomic E-state index is 0.420. The van der Waals surface area contributed by atoms with Crippen LogP contribution >= 0.6 is 0 Å². The van der Waals surface area contributed by atoms with Crippen LogP contribution in [0.15, 0.2) is 30.3 Å². The van der Waals surface area contributed by atoms with Crippen molar-refractivity contribution in [3.8, 4) is 0 Å². The molecule has 58 valence electrons. The zero-order chi connectivity index (χ0) is 7.73. The maximum atomic E-state index is 12.4. The molecular weight excluding hydrogens is 143 g/mol. The number of halogens is 1. The molecule has 0 aromatic heterocycles. The average Bonchev–Trinajstić information content (AvgIpc) is 2.86. The van der Waals surface area contributed by atoms with Gasteiger partial charge in [-0.1, -0.05) is 30.3 Å². The van der Waals surface area contributed by atoms with Gasteiger partial charge in [-0.25, -0.2) is 4.39 Å². The fourth-order valence-corrected chi connectivity index (χ4v) is 1.15. The van der Waals surface area contributed by atoms with Gasteiger partial charge in [0.1, 0.15) is 12.3 Å². The summed E-state index contributed by atoms with van der Waals surface area (Å²) in [4.78, 5) is 0. The van der Waals surface area contributed by atoms with Crippen molar-refractivity contribution < 1.29 is 9.13 Å². The fraction of sp³-hybridized carbons (Fsp3) is 0.333. The van der Waals surface area contributed by atoms with E-state index in [1.54, 1.807) is 0 Å². The minimum atomic E-state index is -0.582. The maximum absolute atomic E-state index is 12.4. The molecule has 0 radical (unpaired) electrons. The van der Waals surface area contributed by atoms with Gasteiger partial charge >= 0.3 is 0 Å². The van der Waals surface area contributed by atoms with Crippen molar-refractivity contribution in [2.45, 2.75) is 5.60 Å². The smallest absolute Gasteiger partial charge is 0.145 e. The first-order valence-corrected chi connectivity index (χ1v) is 3.63. The average molecular weight is 152 g/mol.